The number of nitriles is 1. The molecule has 4 heterocycles. The van der Waals surface area contributed by atoms with Gasteiger partial charge in [0.1, 0.15) is 17.6 Å². The van der Waals surface area contributed by atoms with Gasteiger partial charge in [-0.1, -0.05) is 29.3 Å². The summed E-state index contributed by atoms with van der Waals surface area (Å²) in [5.74, 6) is -0.311. The van der Waals surface area contributed by atoms with Crippen LogP contribution in [0.5, 0.6) is 11.5 Å². The number of nitrogens with zero attached hydrogens (tertiary/aromatic N) is 9. The first-order chi connectivity index (χ1) is 32.4. The molecule has 2 atom stereocenters. The second kappa shape index (κ2) is 19.3. The minimum absolute atomic E-state index is 0.0116. The van der Waals surface area contributed by atoms with Crippen molar-refractivity contribution in [1.82, 2.24) is 60.8 Å². The van der Waals surface area contributed by atoms with E-state index in [4.69, 9.17) is 32.7 Å². The van der Waals surface area contributed by atoms with Crippen molar-refractivity contribution in [2.45, 2.75) is 45.1 Å². The number of ether oxygens (including phenoxy) is 2. The Morgan fingerprint density at radius 1 is 0.897 bits per heavy atom. The van der Waals surface area contributed by atoms with Gasteiger partial charge in [-0.3, -0.25) is 14.7 Å². The quantitative estimate of drug-likeness (QED) is 0.0614. The molecule has 24 heteroatoms. The van der Waals surface area contributed by atoms with Crippen LogP contribution in [-0.4, -0.2) is 94.4 Å². The van der Waals surface area contributed by atoms with Crippen LogP contribution in [-0.2, 0) is 29.9 Å². The topological polar surface area (TPSA) is 230 Å². The van der Waals surface area contributed by atoms with Gasteiger partial charge in [0.05, 0.1) is 56.9 Å². The fourth-order valence-electron chi connectivity index (χ4n) is 7.25. The number of hydrogen-bond acceptors (Lipinski definition) is 14. The molecule has 6 N–H and O–H groups in total. The van der Waals surface area contributed by atoms with Gasteiger partial charge in [-0.05, 0) is 75.4 Å². The summed E-state index contributed by atoms with van der Waals surface area (Å²) in [5.41, 5.74) is 5.50. The molecule has 0 saturated heterocycles. The van der Waals surface area contributed by atoms with E-state index in [1.54, 1.807) is 74.8 Å². The number of nitrogens with one attached hydrogen (secondary N) is 6. The number of aromatic amines is 1. The summed E-state index contributed by atoms with van der Waals surface area (Å²) in [6.07, 6.45) is 2.21. The highest BCUT2D eigenvalue weighted by Crippen LogP contribution is 2.39. The Hall–Kier alpha value is -7.61. The van der Waals surface area contributed by atoms with E-state index in [1.807, 2.05) is 19.9 Å². The zero-order valence-corrected chi connectivity index (χ0v) is 38.3. The van der Waals surface area contributed by atoms with Crippen molar-refractivity contribution in [3.05, 3.63) is 106 Å². The minimum Gasteiger partial charge on any atom is -0.483 e. The molecule has 8 rings (SSSR count). The number of allylic oxidation sites excluding steroid dienone is 1. The molecule has 2 amide bonds. The van der Waals surface area contributed by atoms with E-state index in [9.17, 15) is 28.0 Å². The molecule has 19 nitrogen and oxygen atoms in total. The van der Waals surface area contributed by atoms with Crippen LogP contribution in [0.4, 0.5) is 30.8 Å². The summed E-state index contributed by atoms with van der Waals surface area (Å²) in [7, 11) is 3.28. The number of hydrogen-bond donors (Lipinski definition) is 6. The van der Waals surface area contributed by atoms with Crippen LogP contribution in [0.25, 0.3) is 33.7 Å². The molecule has 0 radical (unpaired) electrons. The van der Waals surface area contributed by atoms with E-state index < -0.39 is 36.0 Å². The monoisotopic (exact) mass is 971 g/mol. The first kappa shape index (κ1) is 46.9. The Labute approximate surface area is 396 Å². The van der Waals surface area contributed by atoms with Gasteiger partial charge in [0, 0.05) is 54.5 Å². The number of halogens is 5. The van der Waals surface area contributed by atoms with Gasteiger partial charge in [-0.15, -0.1) is 10.2 Å². The first-order valence-electron chi connectivity index (χ1n) is 20.8. The highest BCUT2D eigenvalue weighted by atomic mass is 35.5. The number of aryl methyl sites for hydroxylation is 2. The number of aromatic nitrogens is 8. The van der Waals surface area contributed by atoms with Crippen molar-refractivity contribution in [3.63, 3.8) is 0 Å². The van der Waals surface area contributed by atoms with Crippen LogP contribution in [0.1, 0.15) is 31.9 Å². The SMILES string of the molecule is CC(C)NC(=O)COc1ccc(-c2nc(NC3=C(Cl)C4=CN(CC(C)NC(=O)COc5ccc(-c6nc(Nc7ccc8[nH]ncc8c7Cl)n(C)n6)cc5C(F)(F)F)NC4C=C3)n(C)n2)cc1C#N. The van der Waals surface area contributed by atoms with Crippen molar-refractivity contribution in [1.29, 1.82) is 5.26 Å². The molecule has 0 bridgehead atoms. The third-order valence-corrected chi connectivity index (χ3v) is 11.2. The molecule has 1 aliphatic heterocycles. The average Bonchev–Trinajstić information content (AvgIpc) is 4.10. The number of amides is 2. The highest BCUT2D eigenvalue weighted by Gasteiger charge is 2.36. The molecule has 0 saturated carbocycles. The number of carbonyl (C=O) groups is 2. The van der Waals surface area contributed by atoms with Crippen LogP contribution in [0.2, 0.25) is 5.02 Å². The lowest BCUT2D eigenvalue weighted by molar-refractivity contribution is -0.139. The number of hydrazine groups is 1. The van der Waals surface area contributed by atoms with Gasteiger partial charge in [0.25, 0.3) is 11.8 Å². The van der Waals surface area contributed by atoms with Crippen molar-refractivity contribution >= 4 is 63.5 Å². The van der Waals surface area contributed by atoms with Crippen LogP contribution < -0.4 is 36.2 Å². The fraction of sp³-hybridized carbons (Fsp3) is 0.273. The second-order valence-corrected chi connectivity index (χ2v) is 16.8. The number of carbonyl (C=O) groups excluding carboxylic acids is 2. The third-order valence-electron chi connectivity index (χ3n) is 10.4. The van der Waals surface area contributed by atoms with Gasteiger partial charge in [-0.25, -0.2) is 14.8 Å². The summed E-state index contributed by atoms with van der Waals surface area (Å²) in [6, 6.07) is 13.0. The molecule has 6 aromatic rings. The molecule has 1 aliphatic carbocycles. The van der Waals surface area contributed by atoms with Gasteiger partial charge in [-0.2, -0.15) is 33.5 Å². The zero-order valence-electron chi connectivity index (χ0n) is 36.8. The molecular weight excluding hydrogens is 930 g/mol. The van der Waals surface area contributed by atoms with Crippen molar-refractivity contribution in [2.24, 2.45) is 14.1 Å². The van der Waals surface area contributed by atoms with Gasteiger partial charge in [0.2, 0.25) is 11.9 Å². The molecule has 3 aromatic carbocycles. The second-order valence-electron chi connectivity index (χ2n) is 16.0. The maximum absolute atomic E-state index is 14.4. The highest BCUT2D eigenvalue weighted by molar-refractivity contribution is 6.38. The summed E-state index contributed by atoms with van der Waals surface area (Å²) < 4.78 is 57.0. The van der Waals surface area contributed by atoms with Crippen LogP contribution in [0.15, 0.2) is 89.4 Å². The Morgan fingerprint density at radius 3 is 2.22 bits per heavy atom. The summed E-state index contributed by atoms with van der Waals surface area (Å²) in [6.45, 7) is 4.74. The molecule has 0 spiro atoms. The van der Waals surface area contributed by atoms with E-state index in [2.05, 4.69) is 63.1 Å². The van der Waals surface area contributed by atoms with E-state index in [-0.39, 0.29) is 59.8 Å². The third kappa shape index (κ3) is 10.3. The average molecular weight is 973 g/mol. The number of anilines is 3. The Kier molecular flexibility index (Phi) is 13.3. The maximum atomic E-state index is 14.4. The zero-order chi connectivity index (χ0) is 48.4. The molecule has 68 heavy (non-hydrogen) atoms. The lowest BCUT2D eigenvalue weighted by Gasteiger charge is -2.24. The molecule has 3 aromatic heterocycles. The number of benzene rings is 3. The maximum Gasteiger partial charge on any atom is 0.419 e. The van der Waals surface area contributed by atoms with E-state index in [0.717, 1.165) is 23.2 Å². The number of rotatable bonds is 16. The molecule has 2 aliphatic rings. The normalized spacial score (nSPS) is 15.0. The van der Waals surface area contributed by atoms with Crippen LogP contribution >= 0.6 is 23.2 Å². The number of fused-ring (bicyclic) bond motifs is 2. The first-order valence-corrected chi connectivity index (χ1v) is 21.6. The molecule has 2 unspecified atom stereocenters. The van der Waals surface area contributed by atoms with E-state index in [0.29, 0.717) is 44.2 Å². The smallest absolute Gasteiger partial charge is 0.419 e. The van der Waals surface area contributed by atoms with Gasteiger partial charge >= 0.3 is 6.18 Å². The summed E-state index contributed by atoms with van der Waals surface area (Å²) >= 11 is 13.4. The van der Waals surface area contributed by atoms with Crippen molar-refractivity contribution in [3.8, 4) is 40.3 Å². The molecule has 0 fully saturated rings. The van der Waals surface area contributed by atoms with Crippen molar-refractivity contribution in [2.75, 3.05) is 30.4 Å². The largest absolute Gasteiger partial charge is 0.483 e. The van der Waals surface area contributed by atoms with Gasteiger partial charge < -0.3 is 35.7 Å². The summed E-state index contributed by atoms with van der Waals surface area (Å²) in [4.78, 5) is 34.0. The Balaban J connectivity index is 0.861. The minimum atomic E-state index is -4.83. The summed E-state index contributed by atoms with van der Waals surface area (Å²) in [5, 5.41) is 40.3. The molecule has 352 valence electrons. The Bertz CT molecular complexity index is 3060. The van der Waals surface area contributed by atoms with Gasteiger partial charge in [0.15, 0.2) is 24.9 Å². The van der Waals surface area contributed by atoms with Crippen molar-refractivity contribution < 1.29 is 32.2 Å². The standard InChI is InChI=1S/C44H42Cl2F3N15O4/c1-22(2)52-36(65)20-67-34-12-6-24(14-26(34)16-50)40-56-43(62(4)60-40)55-33-11-9-31-28(39(33)46)19-64(59-31)18-23(3)53-37(66)21-68-35-13-7-25(15-29(35)44(47,48)49)41-57-42(63(5)61-41)54-32-10-8-30-27(38(32)45)17-51-58-30/h6-15,17,19,22-23,31,59H,18,20-21H2,1-5H3,(H,51,58)(H,52,65)(H,53,66)(H,54,57,61)(H,55,56,60). The Morgan fingerprint density at radius 2 is 1.54 bits per heavy atom. The van der Waals surface area contributed by atoms with E-state index in [1.165, 1.54) is 15.4 Å². The lowest BCUT2D eigenvalue weighted by atomic mass is 10.0. The number of H-pyrrole nitrogens is 1. The predicted octanol–water partition coefficient (Wildman–Crippen LogP) is 6.43. The van der Waals surface area contributed by atoms with Crippen LogP contribution in [0, 0.1) is 11.3 Å². The fourth-order valence-corrected chi connectivity index (χ4v) is 7.79. The van der Waals surface area contributed by atoms with E-state index >= 15 is 0 Å². The lowest BCUT2D eigenvalue weighted by Crippen LogP contribution is -2.46. The predicted molar refractivity (Wildman–Crippen MR) is 246 cm³/mol. The van der Waals surface area contributed by atoms with Crippen LogP contribution in [0.3, 0.4) is 0 Å². The molecular formula is C44H42Cl2F3N15O4. The number of alkyl halides is 3.